The zero-order valence-electron chi connectivity index (χ0n) is 11.2. The number of nitrogens with one attached hydrogen (secondary N) is 1. The summed E-state index contributed by atoms with van der Waals surface area (Å²) in [4.78, 5) is 0. The van der Waals surface area contributed by atoms with Crippen LogP contribution in [-0.2, 0) is 0 Å². The van der Waals surface area contributed by atoms with E-state index in [1.54, 1.807) is 6.07 Å². The number of benzene rings is 1. The monoisotopic (exact) mass is 329 g/mol. The third-order valence-corrected chi connectivity index (χ3v) is 4.48. The van der Waals surface area contributed by atoms with Crippen molar-refractivity contribution < 1.29 is 9.50 Å². The van der Waals surface area contributed by atoms with Crippen molar-refractivity contribution in [2.24, 2.45) is 5.92 Å². The Morgan fingerprint density at radius 1 is 1.42 bits per heavy atom. The van der Waals surface area contributed by atoms with E-state index >= 15 is 0 Å². The van der Waals surface area contributed by atoms with Crippen molar-refractivity contribution in [1.82, 2.24) is 5.32 Å². The first-order valence-electron chi connectivity index (χ1n) is 6.94. The number of hydrogen-bond acceptors (Lipinski definition) is 2. The Kier molecular flexibility index (Phi) is 5.37. The van der Waals surface area contributed by atoms with E-state index in [-0.39, 0.29) is 18.0 Å². The summed E-state index contributed by atoms with van der Waals surface area (Å²) in [5, 5.41) is 13.3. The molecule has 4 heteroatoms. The van der Waals surface area contributed by atoms with Gasteiger partial charge in [-0.25, -0.2) is 4.39 Å². The van der Waals surface area contributed by atoms with Gasteiger partial charge in [-0.3, -0.25) is 0 Å². The number of halogens is 2. The molecule has 1 saturated carbocycles. The predicted octanol–water partition coefficient (Wildman–Crippen LogP) is 3.79. The Morgan fingerprint density at radius 3 is 2.84 bits per heavy atom. The van der Waals surface area contributed by atoms with Crippen molar-refractivity contribution in [2.75, 3.05) is 6.54 Å². The molecule has 0 radical (unpaired) electrons. The molecule has 3 atom stereocenters. The van der Waals surface area contributed by atoms with Gasteiger partial charge in [-0.2, -0.15) is 0 Å². The normalized spacial score (nSPS) is 25.3. The van der Waals surface area contributed by atoms with E-state index < -0.39 is 0 Å². The molecule has 1 fully saturated rings. The zero-order chi connectivity index (χ0) is 13.8. The number of aliphatic hydroxyl groups excluding tert-OH is 1. The quantitative estimate of drug-likeness (QED) is 0.880. The van der Waals surface area contributed by atoms with E-state index in [1.165, 1.54) is 12.5 Å². The highest BCUT2D eigenvalue weighted by atomic mass is 79.9. The SMILES string of the molecule is CC(NCC1CCCCC1O)c1ccc(Br)cc1F. The Labute approximate surface area is 122 Å². The van der Waals surface area contributed by atoms with Crippen LogP contribution < -0.4 is 5.32 Å². The molecule has 0 saturated heterocycles. The zero-order valence-corrected chi connectivity index (χ0v) is 12.8. The van der Waals surface area contributed by atoms with Crippen LogP contribution >= 0.6 is 15.9 Å². The Morgan fingerprint density at radius 2 is 2.16 bits per heavy atom. The summed E-state index contributed by atoms with van der Waals surface area (Å²) in [6.07, 6.45) is 4.05. The van der Waals surface area contributed by atoms with Crippen LogP contribution in [0.25, 0.3) is 0 Å². The van der Waals surface area contributed by atoms with E-state index in [2.05, 4.69) is 21.2 Å². The van der Waals surface area contributed by atoms with Gasteiger partial charge in [-0.05, 0) is 37.8 Å². The molecule has 0 aliphatic heterocycles. The van der Waals surface area contributed by atoms with Crippen LogP contribution in [0.5, 0.6) is 0 Å². The largest absolute Gasteiger partial charge is 0.393 e. The highest BCUT2D eigenvalue weighted by Gasteiger charge is 2.23. The molecule has 1 aliphatic rings. The van der Waals surface area contributed by atoms with Crippen LogP contribution in [0.1, 0.15) is 44.2 Å². The van der Waals surface area contributed by atoms with Gasteiger partial charge in [-0.15, -0.1) is 0 Å². The lowest BCUT2D eigenvalue weighted by molar-refractivity contribution is 0.0683. The van der Waals surface area contributed by atoms with Crippen LogP contribution in [0, 0.1) is 11.7 Å². The summed E-state index contributed by atoms with van der Waals surface area (Å²) in [7, 11) is 0. The second-order valence-electron chi connectivity index (χ2n) is 5.41. The molecule has 1 aliphatic carbocycles. The van der Waals surface area contributed by atoms with E-state index in [4.69, 9.17) is 0 Å². The molecule has 0 bridgehead atoms. The molecule has 2 N–H and O–H groups in total. The molecular weight excluding hydrogens is 309 g/mol. The fraction of sp³-hybridized carbons (Fsp3) is 0.600. The first kappa shape index (κ1) is 14.9. The maximum Gasteiger partial charge on any atom is 0.129 e. The lowest BCUT2D eigenvalue weighted by atomic mass is 9.86. The van der Waals surface area contributed by atoms with Crippen LogP contribution in [0.3, 0.4) is 0 Å². The minimum Gasteiger partial charge on any atom is -0.393 e. The highest BCUT2D eigenvalue weighted by molar-refractivity contribution is 9.10. The fourth-order valence-corrected chi connectivity index (χ4v) is 3.05. The van der Waals surface area contributed by atoms with Crippen LogP contribution in [0.2, 0.25) is 0 Å². The van der Waals surface area contributed by atoms with Crippen molar-refractivity contribution in [3.8, 4) is 0 Å². The maximum atomic E-state index is 13.8. The first-order chi connectivity index (χ1) is 9.08. The van der Waals surface area contributed by atoms with E-state index in [0.717, 1.165) is 30.3 Å². The second-order valence-corrected chi connectivity index (χ2v) is 6.32. The summed E-state index contributed by atoms with van der Waals surface area (Å²) in [6.45, 7) is 2.71. The number of hydrogen-bond donors (Lipinski definition) is 2. The average Bonchev–Trinajstić information content (AvgIpc) is 2.37. The van der Waals surface area contributed by atoms with Gasteiger partial charge in [0, 0.05) is 22.6 Å². The Hall–Kier alpha value is -0.450. The molecule has 1 aromatic carbocycles. The first-order valence-corrected chi connectivity index (χ1v) is 7.73. The predicted molar refractivity (Wildman–Crippen MR) is 78.5 cm³/mol. The van der Waals surface area contributed by atoms with Crippen molar-refractivity contribution in [3.63, 3.8) is 0 Å². The molecule has 106 valence electrons. The minimum absolute atomic E-state index is 0.0396. The van der Waals surface area contributed by atoms with Crippen molar-refractivity contribution >= 4 is 15.9 Å². The van der Waals surface area contributed by atoms with Crippen LogP contribution in [-0.4, -0.2) is 17.8 Å². The van der Waals surface area contributed by atoms with Gasteiger partial charge in [0.25, 0.3) is 0 Å². The fourth-order valence-electron chi connectivity index (χ4n) is 2.72. The van der Waals surface area contributed by atoms with Gasteiger partial charge >= 0.3 is 0 Å². The van der Waals surface area contributed by atoms with Gasteiger partial charge in [0.1, 0.15) is 5.82 Å². The molecule has 19 heavy (non-hydrogen) atoms. The molecule has 2 nitrogen and oxygen atoms in total. The van der Waals surface area contributed by atoms with Gasteiger partial charge < -0.3 is 10.4 Å². The summed E-state index contributed by atoms with van der Waals surface area (Å²) < 4.78 is 14.6. The average molecular weight is 330 g/mol. The van der Waals surface area contributed by atoms with Crippen molar-refractivity contribution in [1.29, 1.82) is 0 Å². The lowest BCUT2D eigenvalue weighted by Crippen LogP contribution is -2.35. The van der Waals surface area contributed by atoms with Gasteiger partial charge in [0.2, 0.25) is 0 Å². The highest BCUT2D eigenvalue weighted by Crippen LogP contribution is 2.25. The summed E-state index contributed by atoms with van der Waals surface area (Å²) in [5.41, 5.74) is 0.675. The standard InChI is InChI=1S/C15H21BrFNO/c1-10(13-7-6-12(16)8-14(13)17)18-9-11-4-2-3-5-15(11)19/h6-8,10-11,15,18-19H,2-5,9H2,1H3. The van der Waals surface area contributed by atoms with Gasteiger partial charge in [0.05, 0.1) is 6.10 Å². The molecule has 0 spiro atoms. The van der Waals surface area contributed by atoms with E-state index in [9.17, 15) is 9.50 Å². The van der Waals surface area contributed by atoms with Crippen molar-refractivity contribution in [2.45, 2.75) is 44.8 Å². The third-order valence-electron chi connectivity index (χ3n) is 3.98. The smallest absolute Gasteiger partial charge is 0.129 e. The lowest BCUT2D eigenvalue weighted by Gasteiger charge is -2.29. The molecule has 3 unspecified atom stereocenters. The van der Waals surface area contributed by atoms with Gasteiger partial charge in [0.15, 0.2) is 0 Å². The molecule has 1 aromatic rings. The molecule has 0 amide bonds. The molecule has 2 rings (SSSR count). The van der Waals surface area contributed by atoms with Crippen LogP contribution in [0.4, 0.5) is 4.39 Å². The topological polar surface area (TPSA) is 32.3 Å². The third kappa shape index (κ3) is 4.01. The van der Waals surface area contributed by atoms with Crippen molar-refractivity contribution in [3.05, 3.63) is 34.1 Å². The van der Waals surface area contributed by atoms with E-state index in [0.29, 0.717) is 11.5 Å². The molecular formula is C15H21BrFNO. The Bertz CT molecular complexity index is 427. The molecule has 0 heterocycles. The molecule has 0 aromatic heterocycles. The maximum absolute atomic E-state index is 13.8. The minimum atomic E-state index is -0.205. The van der Waals surface area contributed by atoms with Gasteiger partial charge in [-0.1, -0.05) is 34.8 Å². The second kappa shape index (κ2) is 6.82. The van der Waals surface area contributed by atoms with E-state index in [1.807, 2.05) is 13.0 Å². The summed E-state index contributed by atoms with van der Waals surface area (Å²) >= 11 is 3.26. The summed E-state index contributed by atoms with van der Waals surface area (Å²) in [5.74, 6) is 0.105. The number of rotatable bonds is 4. The Balaban J connectivity index is 1.91. The van der Waals surface area contributed by atoms with Crippen LogP contribution in [0.15, 0.2) is 22.7 Å². The number of aliphatic hydroxyl groups is 1. The summed E-state index contributed by atoms with van der Waals surface area (Å²) in [6, 6.07) is 5.10.